The van der Waals surface area contributed by atoms with E-state index >= 15 is 0 Å². The van der Waals surface area contributed by atoms with Gasteiger partial charge >= 0.3 is 0 Å². The molecule has 0 bridgehead atoms. The fourth-order valence-electron chi connectivity index (χ4n) is 8.58. The lowest BCUT2D eigenvalue weighted by Gasteiger charge is -2.03. The third kappa shape index (κ3) is 22.5. The Morgan fingerprint density at radius 2 is 0.619 bits per heavy atom. The number of aryl methyl sites for hydroxylation is 12. The first-order valence-electron chi connectivity index (χ1n) is 30.6. The van der Waals surface area contributed by atoms with Crippen LogP contribution >= 0.6 is 0 Å². The van der Waals surface area contributed by atoms with Crippen molar-refractivity contribution in [2.24, 2.45) is 0 Å². The van der Waals surface area contributed by atoms with E-state index in [0.717, 1.165) is 27.9 Å². The summed E-state index contributed by atoms with van der Waals surface area (Å²) in [6.45, 7) is 49.1. The lowest BCUT2D eigenvalue weighted by atomic mass is 10.0. The lowest BCUT2D eigenvalue weighted by molar-refractivity contribution is 1.22. The summed E-state index contributed by atoms with van der Waals surface area (Å²) in [6, 6.07) is 48.4. The standard InChI is InChI=1S/6C11H11N.6C2H6/c1-8-3-5-10-6-4-9(2)12-11(10)7-8;1-8-3-4-10-7-12-9(2)6-11(10)5-8;2*1-8-3-4-9(2)11-7-12-6-5-10(8)11;2*1-8-5-6-9(2)11-10(8)4-3-7-12-11;6*1-2/h6*3-7H,1-2H3;6*1-2H3. The van der Waals surface area contributed by atoms with Crippen molar-refractivity contribution < 1.29 is 0 Å². The molecule has 6 heteroatoms. The molecule has 0 amide bonds. The quantitative estimate of drug-likeness (QED) is 0.151. The van der Waals surface area contributed by atoms with Crippen molar-refractivity contribution in [3.8, 4) is 0 Å². The van der Waals surface area contributed by atoms with Crippen LogP contribution in [-0.4, -0.2) is 29.9 Å². The third-order valence-corrected chi connectivity index (χ3v) is 12.9. The number of hydrogen-bond acceptors (Lipinski definition) is 6. The van der Waals surface area contributed by atoms with Crippen molar-refractivity contribution in [1.29, 1.82) is 0 Å². The van der Waals surface area contributed by atoms with Gasteiger partial charge in [-0.2, -0.15) is 0 Å². The zero-order valence-corrected chi connectivity index (χ0v) is 56.0. The van der Waals surface area contributed by atoms with Crippen LogP contribution in [0.25, 0.3) is 65.0 Å². The summed E-state index contributed by atoms with van der Waals surface area (Å²) in [4.78, 5) is 25.6. The van der Waals surface area contributed by atoms with Gasteiger partial charge in [-0.05, 0) is 192 Å². The Labute approximate surface area is 508 Å². The van der Waals surface area contributed by atoms with E-state index in [1.165, 1.54) is 104 Å². The molecule has 0 aliphatic carbocycles. The van der Waals surface area contributed by atoms with Gasteiger partial charge in [-0.1, -0.05) is 186 Å². The average molecular weight is 1120 g/mol. The number of pyridine rings is 6. The molecule has 6 heterocycles. The maximum atomic E-state index is 4.44. The summed E-state index contributed by atoms with van der Waals surface area (Å²) >= 11 is 0. The molecular weight excluding hydrogens is 1020 g/mol. The molecule has 0 aliphatic heterocycles. The van der Waals surface area contributed by atoms with Crippen molar-refractivity contribution in [3.05, 3.63) is 250 Å². The van der Waals surface area contributed by atoms with Gasteiger partial charge in [-0.25, -0.2) is 0 Å². The molecule has 6 aromatic heterocycles. The van der Waals surface area contributed by atoms with Gasteiger partial charge in [0.15, 0.2) is 0 Å². The Bertz CT molecular complexity index is 3150. The minimum absolute atomic E-state index is 1.08. The average Bonchev–Trinajstić information content (AvgIpc) is 3.74. The lowest BCUT2D eigenvalue weighted by Crippen LogP contribution is -1.84. The maximum Gasteiger partial charge on any atom is 0.0733 e. The summed E-state index contributed by atoms with van der Waals surface area (Å²) in [5, 5.41) is 11.4. The molecule has 0 saturated heterocycles. The van der Waals surface area contributed by atoms with Crippen molar-refractivity contribution in [2.45, 2.75) is 166 Å². The van der Waals surface area contributed by atoms with Gasteiger partial charge in [-0.15, -0.1) is 0 Å². The Kier molecular flexibility index (Phi) is 35.9. The summed E-state index contributed by atoms with van der Waals surface area (Å²) in [5.74, 6) is 0. The molecule has 0 N–H and O–H groups in total. The van der Waals surface area contributed by atoms with Gasteiger partial charge in [-0.3, -0.25) is 29.9 Å². The maximum absolute atomic E-state index is 4.44. The minimum atomic E-state index is 1.08. The van der Waals surface area contributed by atoms with Crippen LogP contribution in [0.1, 0.15) is 150 Å². The Morgan fingerprint density at radius 3 is 1.04 bits per heavy atom. The van der Waals surface area contributed by atoms with Gasteiger partial charge in [0.1, 0.15) is 0 Å². The number of nitrogens with zero attached hydrogens (tertiary/aromatic N) is 6. The topological polar surface area (TPSA) is 77.3 Å². The molecular formula is C78H102N6. The fraction of sp³-hybridized carbons (Fsp3) is 0.308. The predicted molar refractivity (Wildman–Crippen MR) is 375 cm³/mol. The summed E-state index contributed by atoms with van der Waals surface area (Å²) < 4.78 is 0. The molecule has 0 fully saturated rings. The zero-order valence-electron chi connectivity index (χ0n) is 56.0. The van der Waals surface area contributed by atoms with Gasteiger partial charge < -0.3 is 0 Å². The number of hydrogen-bond donors (Lipinski definition) is 0. The summed E-state index contributed by atoms with van der Waals surface area (Å²) in [7, 11) is 0. The number of aromatic nitrogens is 6. The number of rotatable bonds is 0. The highest BCUT2D eigenvalue weighted by molar-refractivity contribution is 5.89. The van der Waals surface area contributed by atoms with Crippen LogP contribution in [0.15, 0.2) is 183 Å². The van der Waals surface area contributed by atoms with Crippen LogP contribution in [-0.2, 0) is 0 Å². The second-order valence-electron chi connectivity index (χ2n) is 18.8. The van der Waals surface area contributed by atoms with Crippen molar-refractivity contribution in [3.63, 3.8) is 0 Å². The second kappa shape index (κ2) is 40.9. The van der Waals surface area contributed by atoms with Gasteiger partial charge in [0, 0.05) is 87.1 Å². The Balaban J connectivity index is 0.000000486. The molecule has 0 saturated carbocycles. The molecule has 0 spiro atoms. The zero-order chi connectivity index (χ0) is 63.3. The molecule has 84 heavy (non-hydrogen) atoms. The highest BCUT2D eigenvalue weighted by Gasteiger charge is 2.02. The van der Waals surface area contributed by atoms with Crippen LogP contribution < -0.4 is 0 Å². The monoisotopic (exact) mass is 1120 g/mol. The molecule has 0 atom stereocenters. The van der Waals surface area contributed by atoms with Crippen molar-refractivity contribution in [1.82, 2.24) is 29.9 Å². The predicted octanol–water partition coefficient (Wildman–Crippen LogP) is 23.3. The second-order valence-corrected chi connectivity index (χ2v) is 18.8. The van der Waals surface area contributed by atoms with E-state index in [0.29, 0.717) is 0 Å². The Hall–Kier alpha value is -8.22. The number of benzene rings is 6. The summed E-state index contributed by atoms with van der Waals surface area (Å²) in [6.07, 6.45) is 13.1. The van der Waals surface area contributed by atoms with E-state index in [9.17, 15) is 0 Å². The van der Waals surface area contributed by atoms with Crippen LogP contribution in [0.5, 0.6) is 0 Å². The molecule has 0 radical (unpaired) electrons. The number of fused-ring (bicyclic) bond motifs is 6. The van der Waals surface area contributed by atoms with Crippen LogP contribution in [0.2, 0.25) is 0 Å². The van der Waals surface area contributed by atoms with E-state index < -0.39 is 0 Å². The highest BCUT2D eigenvalue weighted by Crippen LogP contribution is 2.23. The smallest absolute Gasteiger partial charge is 0.0733 e. The van der Waals surface area contributed by atoms with E-state index in [2.05, 4.69) is 220 Å². The Morgan fingerprint density at radius 1 is 0.250 bits per heavy atom. The first-order chi connectivity index (χ1) is 40.7. The summed E-state index contributed by atoms with van der Waals surface area (Å²) in [5.41, 5.74) is 18.4. The van der Waals surface area contributed by atoms with Crippen LogP contribution in [0.4, 0.5) is 0 Å². The van der Waals surface area contributed by atoms with Crippen LogP contribution in [0.3, 0.4) is 0 Å². The van der Waals surface area contributed by atoms with Gasteiger partial charge in [0.2, 0.25) is 0 Å². The minimum Gasteiger partial charge on any atom is -0.264 e. The van der Waals surface area contributed by atoms with Crippen LogP contribution in [0, 0.1) is 83.1 Å². The van der Waals surface area contributed by atoms with E-state index in [4.69, 9.17) is 0 Å². The van der Waals surface area contributed by atoms with Gasteiger partial charge in [0.05, 0.1) is 16.6 Å². The first kappa shape index (κ1) is 73.8. The normalized spacial score (nSPS) is 9.43. The largest absolute Gasteiger partial charge is 0.264 e. The van der Waals surface area contributed by atoms with E-state index in [-0.39, 0.29) is 0 Å². The molecule has 0 unspecified atom stereocenters. The van der Waals surface area contributed by atoms with E-state index in [1.54, 1.807) is 0 Å². The molecule has 12 rings (SSSR count). The highest BCUT2D eigenvalue weighted by atomic mass is 14.7. The third-order valence-electron chi connectivity index (χ3n) is 12.9. The molecule has 0 aliphatic rings. The SMILES string of the molecule is CC.CC.CC.CC.CC.CC.Cc1ccc(C)c2cnccc12.Cc1ccc(C)c2cnccc12.Cc1ccc(C)c2ncccc12.Cc1ccc(C)c2ncccc12.Cc1ccc2ccc(C)nc2c1.Cc1ccc2cnc(C)cc2c1. The van der Waals surface area contributed by atoms with Gasteiger partial charge in [0.25, 0.3) is 0 Å². The van der Waals surface area contributed by atoms with E-state index in [1.807, 2.05) is 159 Å². The van der Waals surface area contributed by atoms with Crippen molar-refractivity contribution in [2.75, 3.05) is 0 Å². The molecule has 444 valence electrons. The molecule has 12 aromatic rings. The first-order valence-corrected chi connectivity index (χ1v) is 30.6. The fourth-order valence-corrected chi connectivity index (χ4v) is 8.58. The molecule has 6 aromatic carbocycles. The molecule has 6 nitrogen and oxygen atoms in total. The van der Waals surface area contributed by atoms with Crippen molar-refractivity contribution >= 4 is 65.0 Å².